The van der Waals surface area contributed by atoms with E-state index in [-0.39, 0.29) is 12.6 Å². The number of aryl methyl sites for hydroxylation is 2. The molecule has 5 nitrogen and oxygen atoms in total. The zero-order valence-corrected chi connectivity index (χ0v) is 17.0. The molecule has 1 aliphatic carbocycles. The van der Waals surface area contributed by atoms with E-state index in [0.717, 1.165) is 79.3 Å². The molecule has 1 fully saturated rings. The summed E-state index contributed by atoms with van der Waals surface area (Å²) in [5, 5.41) is 0.894. The lowest BCUT2D eigenvalue weighted by Crippen LogP contribution is -2.37. The average Bonchev–Trinajstić information content (AvgIpc) is 3.33. The molecule has 0 saturated carbocycles. The molecular formula is C23H27F2N3O2. The molecule has 0 atom stereocenters. The number of likely N-dealkylation sites (tertiary alicyclic amines) is 1. The third-order valence-corrected chi connectivity index (χ3v) is 6.19. The SMILES string of the molecule is FC(F)Cn1ccc2c(OC3CCN(Cc4nc5c(o4)CCCC5)CC3)cccc21. The van der Waals surface area contributed by atoms with Crippen LogP contribution in [0.3, 0.4) is 0 Å². The molecule has 1 saturated heterocycles. The lowest BCUT2D eigenvalue weighted by atomic mass is 10.0. The summed E-state index contributed by atoms with van der Waals surface area (Å²) in [7, 11) is 0. The molecule has 2 aliphatic rings. The lowest BCUT2D eigenvalue weighted by molar-refractivity contribution is 0.0926. The molecular weight excluding hydrogens is 388 g/mol. The van der Waals surface area contributed by atoms with E-state index in [2.05, 4.69) is 4.90 Å². The van der Waals surface area contributed by atoms with Gasteiger partial charge in [-0.3, -0.25) is 4.90 Å². The van der Waals surface area contributed by atoms with Gasteiger partial charge in [0, 0.05) is 31.1 Å². The van der Waals surface area contributed by atoms with E-state index in [1.165, 1.54) is 12.8 Å². The highest BCUT2D eigenvalue weighted by molar-refractivity contribution is 5.86. The van der Waals surface area contributed by atoms with Crippen molar-refractivity contribution in [1.82, 2.24) is 14.5 Å². The number of halogens is 2. The highest BCUT2D eigenvalue weighted by Gasteiger charge is 2.24. The summed E-state index contributed by atoms with van der Waals surface area (Å²) in [4.78, 5) is 7.07. The molecule has 3 aromatic rings. The maximum absolute atomic E-state index is 12.8. The van der Waals surface area contributed by atoms with E-state index in [1.54, 1.807) is 10.8 Å². The van der Waals surface area contributed by atoms with Gasteiger partial charge >= 0.3 is 0 Å². The Morgan fingerprint density at radius 2 is 1.97 bits per heavy atom. The van der Waals surface area contributed by atoms with E-state index in [9.17, 15) is 8.78 Å². The number of ether oxygens (including phenoxy) is 1. The Labute approximate surface area is 174 Å². The van der Waals surface area contributed by atoms with Crippen LogP contribution in [0.25, 0.3) is 10.9 Å². The molecule has 160 valence electrons. The minimum atomic E-state index is -2.37. The third-order valence-electron chi connectivity index (χ3n) is 6.19. The van der Waals surface area contributed by atoms with Gasteiger partial charge in [-0.05, 0) is 50.3 Å². The topological polar surface area (TPSA) is 43.4 Å². The second kappa shape index (κ2) is 8.38. The molecule has 0 amide bonds. The first-order valence-electron chi connectivity index (χ1n) is 10.9. The van der Waals surface area contributed by atoms with Gasteiger partial charge in [-0.15, -0.1) is 0 Å². The van der Waals surface area contributed by atoms with Gasteiger partial charge in [-0.1, -0.05) is 6.07 Å². The molecule has 1 aliphatic heterocycles. The van der Waals surface area contributed by atoms with Crippen molar-refractivity contribution in [3.05, 3.63) is 47.8 Å². The van der Waals surface area contributed by atoms with Crippen molar-refractivity contribution >= 4 is 10.9 Å². The van der Waals surface area contributed by atoms with Crippen LogP contribution in [0.4, 0.5) is 8.78 Å². The number of nitrogens with zero attached hydrogens (tertiary/aromatic N) is 3. The van der Waals surface area contributed by atoms with Crippen LogP contribution in [0.1, 0.15) is 43.0 Å². The van der Waals surface area contributed by atoms with Gasteiger partial charge in [-0.2, -0.15) is 0 Å². The number of benzene rings is 1. The fourth-order valence-electron chi connectivity index (χ4n) is 4.64. The first kappa shape index (κ1) is 19.5. The summed E-state index contributed by atoms with van der Waals surface area (Å²) in [6, 6.07) is 7.54. The van der Waals surface area contributed by atoms with E-state index < -0.39 is 6.43 Å². The number of aromatic nitrogens is 2. The summed E-state index contributed by atoms with van der Waals surface area (Å²) in [5.74, 6) is 2.70. The standard InChI is InChI=1S/C23H27F2N3O2/c24-22(25)14-28-13-10-17-19(28)5-3-7-20(17)29-16-8-11-27(12-9-16)15-23-26-18-4-1-2-6-21(18)30-23/h3,5,7,10,13,16,22H,1-2,4,6,8-9,11-12,14-15H2. The Morgan fingerprint density at radius 1 is 1.13 bits per heavy atom. The van der Waals surface area contributed by atoms with Crippen molar-refractivity contribution in [2.75, 3.05) is 13.1 Å². The number of oxazole rings is 1. The number of piperidine rings is 1. The van der Waals surface area contributed by atoms with Crippen molar-refractivity contribution in [3.63, 3.8) is 0 Å². The Balaban J connectivity index is 1.19. The van der Waals surface area contributed by atoms with Crippen molar-refractivity contribution in [2.45, 2.75) is 64.1 Å². The quantitative estimate of drug-likeness (QED) is 0.579. The summed E-state index contributed by atoms with van der Waals surface area (Å²) in [5.41, 5.74) is 1.94. The van der Waals surface area contributed by atoms with Crippen molar-refractivity contribution in [2.24, 2.45) is 0 Å². The maximum Gasteiger partial charge on any atom is 0.256 e. The predicted octanol–water partition coefficient (Wildman–Crippen LogP) is 4.82. The molecule has 2 aromatic heterocycles. The van der Waals surface area contributed by atoms with Crippen molar-refractivity contribution in [1.29, 1.82) is 0 Å². The van der Waals surface area contributed by atoms with Crippen LogP contribution in [0, 0.1) is 0 Å². The molecule has 1 aromatic carbocycles. The minimum Gasteiger partial charge on any atom is -0.490 e. The number of hydrogen-bond acceptors (Lipinski definition) is 4. The van der Waals surface area contributed by atoms with Gasteiger partial charge < -0.3 is 13.7 Å². The van der Waals surface area contributed by atoms with Gasteiger partial charge in [0.2, 0.25) is 5.89 Å². The zero-order valence-electron chi connectivity index (χ0n) is 17.0. The number of alkyl halides is 2. The fraction of sp³-hybridized carbons (Fsp3) is 0.522. The monoisotopic (exact) mass is 415 g/mol. The summed E-state index contributed by atoms with van der Waals surface area (Å²) >= 11 is 0. The van der Waals surface area contributed by atoms with Gasteiger partial charge in [0.05, 0.1) is 24.3 Å². The smallest absolute Gasteiger partial charge is 0.256 e. The highest BCUT2D eigenvalue weighted by atomic mass is 19.3. The Kier molecular flexibility index (Phi) is 5.46. The Hall–Kier alpha value is -2.41. The molecule has 30 heavy (non-hydrogen) atoms. The number of rotatable bonds is 6. The number of fused-ring (bicyclic) bond motifs is 2. The largest absolute Gasteiger partial charge is 0.490 e. The second-order valence-corrected chi connectivity index (χ2v) is 8.33. The molecule has 5 rings (SSSR count). The molecule has 0 radical (unpaired) electrons. The van der Waals surface area contributed by atoms with E-state index in [4.69, 9.17) is 14.1 Å². The first-order valence-corrected chi connectivity index (χ1v) is 10.9. The van der Waals surface area contributed by atoms with Gasteiger partial charge in [0.15, 0.2) is 0 Å². The van der Waals surface area contributed by atoms with Crippen LogP contribution in [0.2, 0.25) is 0 Å². The molecule has 0 spiro atoms. The molecule has 0 bridgehead atoms. The van der Waals surface area contributed by atoms with Crippen LogP contribution in [-0.4, -0.2) is 40.1 Å². The lowest BCUT2D eigenvalue weighted by Gasteiger charge is -2.31. The Bertz CT molecular complexity index is 982. The molecule has 3 heterocycles. The van der Waals surface area contributed by atoms with Gasteiger partial charge in [-0.25, -0.2) is 13.8 Å². The number of hydrogen-bond donors (Lipinski definition) is 0. The molecule has 0 N–H and O–H groups in total. The van der Waals surface area contributed by atoms with Crippen LogP contribution in [-0.2, 0) is 25.9 Å². The van der Waals surface area contributed by atoms with E-state index >= 15 is 0 Å². The average molecular weight is 415 g/mol. The summed E-state index contributed by atoms with van der Waals surface area (Å²) in [6.45, 7) is 2.32. The van der Waals surface area contributed by atoms with Gasteiger partial charge in [0.1, 0.15) is 17.6 Å². The van der Waals surface area contributed by atoms with E-state index in [1.807, 2.05) is 24.3 Å². The maximum atomic E-state index is 12.8. The predicted molar refractivity (Wildman–Crippen MR) is 110 cm³/mol. The summed E-state index contributed by atoms with van der Waals surface area (Å²) in [6.07, 6.45) is 5.78. The first-order chi connectivity index (χ1) is 14.7. The normalized spacial score (nSPS) is 18.2. The minimum absolute atomic E-state index is 0.128. The molecule has 0 unspecified atom stereocenters. The van der Waals surface area contributed by atoms with Crippen LogP contribution >= 0.6 is 0 Å². The highest BCUT2D eigenvalue weighted by Crippen LogP contribution is 2.30. The second-order valence-electron chi connectivity index (χ2n) is 8.33. The third kappa shape index (κ3) is 4.08. The summed E-state index contributed by atoms with van der Waals surface area (Å²) < 4.78 is 39.4. The van der Waals surface area contributed by atoms with Crippen LogP contribution < -0.4 is 4.74 Å². The van der Waals surface area contributed by atoms with Gasteiger partial charge in [0.25, 0.3) is 6.43 Å². The Morgan fingerprint density at radius 3 is 2.77 bits per heavy atom. The zero-order chi connectivity index (χ0) is 20.5. The van der Waals surface area contributed by atoms with Crippen molar-refractivity contribution in [3.8, 4) is 5.75 Å². The van der Waals surface area contributed by atoms with Crippen LogP contribution in [0.5, 0.6) is 5.75 Å². The van der Waals surface area contributed by atoms with Crippen LogP contribution in [0.15, 0.2) is 34.9 Å². The van der Waals surface area contributed by atoms with E-state index in [0.29, 0.717) is 0 Å². The van der Waals surface area contributed by atoms with Crippen molar-refractivity contribution < 1.29 is 17.9 Å². The molecule has 7 heteroatoms. The fourth-order valence-corrected chi connectivity index (χ4v) is 4.64.